The Labute approximate surface area is 142 Å². The van der Waals surface area contributed by atoms with Crippen molar-refractivity contribution in [2.45, 2.75) is 6.92 Å². The SMILES string of the molecule is Cc1ccc2cc(C(=O)N(CCO)CCN3CCOCC3)[nH]c2c1. The van der Waals surface area contributed by atoms with E-state index >= 15 is 0 Å². The smallest absolute Gasteiger partial charge is 0.270 e. The second kappa shape index (κ2) is 7.79. The summed E-state index contributed by atoms with van der Waals surface area (Å²) < 4.78 is 5.35. The van der Waals surface area contributed by atoms with Crippen molar-refractivity contribution >= 4 is 16.8 Å². The van der Waals surface area contributed by atoms with Gasteiger partial charge in [-0.15, -0.1) is 0 Å². The number of aliphatic hydroxyl groups excluding tert-OH is 1. The summed E-state index contributed by atoms with van der Waals surface area (Å²) >= 11 is 0. The third-order valence-corrected chi connectivity index (χ3v) is 4.46. The fraction of sp³-hybridized carbons (Fsp3) is 0.500. The summed E-state index contributed by atoms with van der Waals surface area (Å²) in [5.74, 6) is -0.0637. The van der Waals surface area contributed by atoms with E-state index in [0.29, 0.717) is 18.8 Å². The Balaban J connectivity index is 1.69. The number of aliphatic hydroxyl groups is 1. The lowest BCUT2D eigenvalue weighted by Crippen LogP contribution is -2.44. The molecule has 0 bridgehead atoms. The lowest BCUT2D eigenvalue weighted by molar-refractivity contribution is 0.0314. The van der Waals surface area contributed by atoms with Gasteiger partial charge in [0, 0.05) is 43.6 Å². The molecule has 2 N–H and O–H groups in total. The number of morpholine rings is 1. The average Bonchev–Trinajstić information content (AvgIpc) is 3.02. The summed E-state index contributed by atoms with van der Waals surface area (Å²) in [5.41, 5.74) is 2.70. The second-order valence-corrected chi connectivity index (χ2v) is 6.24. The van der Waals surface area contributed by atoms with Crippen LogP contribution in [0.5, 0.6) is 0 Å². The molecule has 1 aliphatic rings. The summed E-state index contributed by atoms with van der Waals surface area (Å²) in [6.07, 6.45) is 0. The summed E-state index contributed by atoms with van der Waals surface area (Å²) in [6, 6.07) is 7.98. The number of aromatic amines is 1. The van der Waals surface area contributed by atoms with Gasteiger partial charge in [0.1, 0.15) is 5.69 Å². The summed E-state index contributed by atoms with van der Waals surface area (Å²) in [6.45, 7) is 7.03. The number of amides is 1. The number of fused-ring (bicyclic) bond motifs is 1. The van der Waals surface area contributed by atoms with Crippen LogP contribution < -0.4 is 0 Å². The Bertz CT molecular complexity index is 692. The highest BCUT2D eigenvalue weighted by Gasteiger charge is 2.19. The molecule has 1 aliphatic heterocycles. The van der Waals surface area contributed by atoms with Crippen molar-refractivity contribution in [3.63, 3.8) is 0 Å². The first kappa shape index (κ1) is 17.0. The van der Waals surface area contributed by atoms with Crippen molar-refractivity contribution in [3.8, 4) is 0 Å². The summed E-state index contributed by atoms with van der Waals surface area (Å²) in [5, 5.41) is 10.3. The molecule has 0 spiro atoms. The van der Waals surface area contributed by atoms with Gasteiger partial charge in [-0.3, -0.25) is 9.69 Å². The van der Waals surface area contributed by atoms with Crippen molar-refractivity contribution in [1.29, 1.82) is 0 Å². The van der Waals surface area contributed by atoms with E-state index in [1.165, 1.54) is 0 Å². The number of nitrogens with one attached hydrogen (secondary N) is 1. The number of nitrogens with zero attached hydrogens (tertiary/aromatic N) is 2. The fourth-order valence-electron chi connectivity index (χ4n) is 3.05. The minimum absolute atomic E-state index is 0.0335. The maximum atomic E-state index is 12.8. The van der Waals surface area contributed by atoms with Crippen molar-refractivity contribution < 1.29 is 14.6 Å². The summed E-state index contributed by atoms with van der Waals surface area (Å²) in [4.78, 5) is 20.0. The van der Waals surface area contributed by atoms with Crippen LogP contribution >= 0.6 is 0 Å². The lowest BCUT2D eigenvalue weighted by Gasteiger charge is -2.29. The Hall–Kier alpha value is -1.89. The fourth-order valence-corrected chi connectivity index (χ4v) is 3.05. The number of carbonyl (C=O) groups excluding carboxylic acids is 1. The van der Waals surface area contributed by atoms with E-state index in [0.717, 1.165) is 49.3 Å². The van der Waals surface area contributed by atoms with Gasteiger partial charge in [-0.2, -0.15) is 0 Å². The van der Waals surface area contributed by atoms with Crippen LogP contribution in [-0.2, 0) is 4.74 Å². The van der Waals surface area contributed by atoms with Crippen molar-refractivity contribution in [3.05, 3.63) is 35.5 Å². The first-order chi connectivity index (χ1) is 11.7. The molecule has 0 aliphatic carbocycles. The number of hydrogen-bond donors (Lipinski definition) is 2. The van der Waals surface area contributed by atoms with Crippen molar-refractivity contribution in [1.82, 2.24) is 14.8 Å². The summed E-state index contributed by atoms with van der Waals surface area (Å²) in [7, 11) is 0. The number of aryl methyl sites for hydroxylation is 1. The molecule has 6 heteroatoms. The lowest BCUT2D eigenvalue weighted by atomic mass is 10.2. The monoisotopic (exact) mass is 331 g/mol. The maximum Gasteiger partial charge on any atom is 0.270 e. The van der Waals surface area contributed by atoms with E-state index in [1.807, 2.05) is 31.2 Å². The first-order valence-corrected chi connectivity index (χ1v) is 8.47. The third-order valence-electron chi connectivity index (χ3n) is 4.46. The molecule has 1 aromatic carbocycles. The second-order valence-electron chi connectivity index (χ2n) is 6.24. The Morgan fingerprint density at radius 2 is 2.08 bits per heavy atom. The minimum atomic E-state index is -0.0637. The highest BCUT2D eigenvalue weighted by Crippen LogP contribution is 2.18. The quantitative estimate of drug-likeness (QED) is 0.836. The van der Waals surface area contributed by atoms with Crippen LogP contribution in [0.15, 0.2) is 24.3 Å². The highest BCUT2D eigenvalue weighted by atomic mass is 16.5. The van der Waals surface area contributed by atoms with Crippen molar-refractivity contribution in [2.24, 2.45) is 0 Å². The molecule has 0 unspecified atom stereocenters. The number of ether oxygens (including phenoxy) is 1. The van der Waals surface area contributed by atoms with Crippen molar-refractivity contribution in [2.75, 3.05) is 52.5 Å². The van der Waals surface area contributed by atoms with Gasteiger partial charge >= 0.3 is 0 Å². The molecule has 0 saturated carbocycles. The van der Waals surface area contributed by atoms with E-state index in [1.54, 1.807) is 4.90 Å². The van der Waals surface area contributed by atoms with Gasteiger partial charge in [-0.1, -0.05) is 12.1 Å². The molecule has 1 aromatic heterocycles. The molecule has 2 aromatic rings. The molecule has 130 valence electrons. The van der Waals surface area contributed by atoms with Gasteiger partial charge < -0.3 is 19.7 Å². The van der Waals surface area contributed by atoms with E-state index in [2.05, 4.69) is 9.88 Å². The largest absolute Gasteiger partial charge is 0.395 e. The molecule has 0 atom stereocenters. The van der Waals surface area contributed by atoms with Crippen LogP contribution in [0.3, 0.4) is 0 Å². The number of hydrogen-bond acceptors (Lipinski definition) is 4. The van der Waals surface area contributed by atoms with E-state index in [4.69, 9.17) is 4.74 Å². The molecule has 3 rings (SSSR count). The minimum Gasteiger partial charge on any atom is -0.395 e. The molecule has 1 fully saturated rings. The van der Waals surface area contributed by atoms with Gasteiger partial charge in [0.05, 0.1) is 19.8 Å². The third kappa shape index (κ3) is 3.95. The van der Waals surface area contributed by atoms with Gasteiger partial charge in [0.25, 0.3) is 5.91 Å². The number of benzene rings is 1. The van der Waals surface area contributed by atoms with Gasteiger partial charge in [0.15, 0.2) is 0 Å². The standard InChI is InChI=1S/C18H25N3O3/c1-14-2-3-15-13-17(19-16(15)12-14)18(23)21(6-9-22)5-4-20-7-10-24-11-8-20/h2-3,12-13,19,22H,4-11H2,1H3. The normalized spacial score (nSPS) is 15.8. The van der Waals surface area contributed by atoms with E-state index in [9.17, 15) is 9.90 Å². The van der Waals surface area contributed by atoms with Gasteiger partial charge in [-0.05, 0) is 24.6 Å². The number of H-pyrrole nitrogens is 1. The Morgan fingerprint density at radius 1 is 1.29 bits per heavy atom. The molecular formula is C18H25N3O3. The van der Waals surface area contributed by atoms with Crippen LogP contribution in [0, 0.1) is 6.92 Å². The number of aromatic nitrogens is 1. The average molecular weight is 331 g/mol. The predicted molar refractivity (Wildman–Crippen MR) is 93.3 cm³/mol. The zero-order chi connectivity index (χ0) is 16.9. The zero-order valence-electron chi connectivity index (χ0n) is 14.1. The van der Waals surface area contributed by atoms with Gasteiger partial charge in [-0.25, -0.2) is 0 Å². The highest BCUT2D eigenvalue weighted by molar-refractivity contribution is 5.98. The zero-order valence-corrected chi connectivity index (χ0v) is 14.1. The molecule has 24 heavy (non-hydrogen) atoms. The molecular weight excluding hydrogens is 306 g/mol. The van der Waals surface area contributed by atoms with Crippen LogP contribution in [0.4, 0.5) is 0 Å². The molecule has 1 saturated heterocycles. The maximum absolute atomic E-state index is 12.8. The van der Waals surface area contributed by atoms with Crippen LogP contribution in [-0.4, -0.2) is 78.3 Å². The molecule has 0 radical (unpaired) electrons. The van der Waals surface area contributed by atoms with Gasteiger partial charge in [0.2, 0.25) is 0 Å². The Morgan fingerprint density at radius 3 is 2.83 bits per heavy atom. The van der Waals surface area contributed by atoms with Crippen LogP contribution in [0.1, 0.15) is 16.1 Å². The van der Waals surface area contributed by atoms with E-state index in [-0.39, 0.29) is 12.5 Å². The first-order valence-electron chi connectivity index (χ1n) is 8.47. The topological polar surface area (TPSA) is 68.8 Å². The number of carbonyl (C=O) groups is 1. The molecule has 6 nitrogen and oxygen atoms in total. The predicted octanol–water partition coefficient (Wildman–Crippen LogP) is 1.24. The molecule has 2 heterocycles. The van der Waals surface area contributed by atoms with E-state index < -0.39 is 0 Å². The Kier molecular flexibility index (Phi) is 5.50. The molecule has 1 amide bonds. The van der Waals surface area contributed by atoms with Crippen LogP contribution in [0.25, 0.3) is 10.9 Å². The van der Waals surface area contributed by atoms with Crippen LogP contribution in [0.2, 0.25) is 0 Å². The number of rotatable bonds is 6.